The Kier molecular flexibility index (Phi) is 5.67. The van der Waals surface area contributed by atoms with Crippen LogP contribution in [0.1, 0.15) is 87.2 Å². The minimum atomic E-state index is -1.18. The van der Waals surface area contributed by atoms with Crippen molar-refractivity contribution in [3.8, 4) is 5.75 Å². The summed E-state index contributed by atoms with van der Waals surface area (Å²) in [5, 5.41) is 20.9. The van der Waals surface area contributed by atoms with Gasteiger partial charge in [0.15, 0.2) is 0 Å². The summed E-state index contributed by atoms with van der Waals surface area (Å²) in [5.74, 6) is -0.747. The van der Waals surface area contributed by atoms with Gasteiger partial charge in [0.2, 0.25) is 0 Å². The van der Waals surface area contributed by atoms with Crippen LogP contribution in [0.15, 0.2) is 18.2 Å². The minimum Gasteiger partial charge on any atom is -0.496 e. The fourth-order valence-corrected chi connectivity index (χ4v) is 4.76. The van der Waals surface area contributed by atoms with Crippen molar-refractivity contribution < 1.29 is 19.7 Å². The Hall–Kier alpha value is -1.55. The molecule has 2 saturated carbocycles. The van der Waals surface area contributed by atoms with Crippen molar-refractivity contribution in [3.63, 3.8) is 0 Å². The van der Waals surface area contributed by atoms with Crippen LogP contribution < -0.4 is 4.74 Å². The summed E-state index contributed by atoms with van der Waals surface area (Å²) in [7, 11) is 1.59. The number of methoxy groups -OCH3 is 1. The minimum absolute atomic E-state index is 0.539. The van der Waals surface area contributed by atoms with E-state index >= 15 is 0 Å². The zero-order valence-corrected chi connectivity index (χ0v) is 15.2. The van der Waals surface area contributed by atoms with Gasteiger partial charge in [-0.05, 0) is 43.2 Å². The van der Waals surface area contributed by atoms with Crippen LogP contribution in [0.5, 0.6) is 5.75 Å². The molecule has 0 heterocycles. The van der Waals surface area contributed by atoms with E-state index in [9.17, 15) is 15.0 Å². The highest BCUT2D eigenvalue weighted by atomic mass is 16.5. The summed E-state index contributed by atoms with van der Waals surface area (Å²) < 4.78 is 5.57. The Morgan fingerprint density at radius 3 is 2.36 bits per heavy atom. The van der Waals surface area contributed by atoms with Gasteiger partial charge in [-0.25, -0.2) is 0 Å². The number of hydrogen-bond acceptors (Lipinski definition) is 3. The van der Waals surface area contributed by atoms with Gasteiger partial charge in [0.05, 0.1) is 12.7 Å². The van der Waals surface area contributed by atoms with Gasteiger partial charge in [0.1, 0.15) is 11.7 Å². The molecule has 0 aliphatic heterocycles. The highest BCUT2D eigenvalue weighted by molar-refractivity contribution is 5.79. The van der Waals surface area contributed by atoms with E-state index in [0.29, 0.717) is 30.1 Å². The van der Waals surface area contributed by atoms with Gasteiger partial charge in [0, 0.05) is 5.56 Å². The molecular weight excluding hydrogens is 316 g/mol. The summed E-state index contributed by atoms with van der Waals surface area (Å²) in [6, 6.07) is 5.94. The second kappa shape index (κ2) is 7.77. The predicted octanol–water partition coefficient (Wildman–Crippen LogP) is 4.61. The fraction of sp³-hybridized carbons (Fsp3) is 0.667. The molecule has 2 fully saturated rings. The third-order valence-corrected chi connectivity index (χ3v) is 6.15. The van der Waals surface area contributed by atoms with E-state index in [2.05, 4.69) is 6.07 Å². The smallest absolute Gasteiger partial charge is 0.314 e. The number of carboxylic acids is 1. The Balaban J connectivity index is 1.94. The number of ether oxygens (including phenoxy) is 1. The highest BCUT2D eigenvalue weighted by Gasteiger charge is 2.44. The van der Waals surface area contributed by atoms with Gasteiger partial charge in [-0.15, -0.1) is 0 Å². The summed E-state index contributed by atoms with van der Waals surface area (Å²) in [6.45, 7) is 0. The molecule has 138 valence electrons. The second-order valence-corrected chi connectivity index (χ2v) is 7.77. The lowest BCUT2D eigenvalue weighted by molar-refractivity contribution is -0.147. The summed E-state index contributed by atoms with van der Waals surface area (Å²) in [5.41, 5.74) is 0.669. The van der Waals surface area contributed by atoms with Gasteiger partial charge < -0.3 is 14.9 Å². The molecular formula is C21H30O4. The molecule has 1 aromatic rings. The maximum atomic E-state index is 12.0. The molecule has 4 nitrogen and oxygen atoms in total. The van der Waals surface area contributed by atoms with Gasteiger partial charge in [-0.2, -0.15) is 0 Å². The third kappa shape index (κ3) is 3.84. The second-order valence-electron chi connectivity index (χ2n) is 7.77. The van der Waals surface area contributed by atoms with Gasteiger partial charge in [-0.1, -0.05) is 50.7 Å². The van der Waals surface area contributed by atoms with Gasteiger partial charge >= 0.3 is 5.97 Å². The van der Waals surface area contributed by atoms with Crippen LogP contribution in [0.2, 0.25) is 0 Å². The Morgan fingerprint density at radius 2 is 1.76 bits per heavy atom. The molecule has 1 unspecified atom stereocenters. The molecule has 0 saturated heterocycles. The molecule has 4 heteroatoms. The first-order valence-electron chi connectivity index (χ1n) is 9.68. The number of aliphatic carboxylic acids is 1. The lowest BCUT2D eigenvalue weighted by Crippen LogP contribution is -2.42. The van der Waals surface area contributed by atoms with E-state index in [4.69, 9.17) is 4.74 Å². The van der Waals surface area contributed by atoms with E-state index in [-0.39, 0.29) is 0 Å². The van der Waals surface area contributed by atoms with Crippen LogP contribution in [0.25, 0.3) is 0 Å². The normalized spacial score (nSPS) is 22.3. The number of rotatable bonds is 5. The van der Waals surface area contributed by atoms with Crippen LogP contribution in [0.4, 0.5) is 0 Å². The Morgan fingerprint density at radius 1 is 1.12 bits per heavy atom. The molecule has 0 bridgehead atoms. The molecule has 3 rings (SSSR count). The zero-order chi connectivity index (χ0) is 17.9. The van der Waals surface area contributed by atoms with Gasteiger partial charge in [-0.3, -0.25) is 4.79 Å². The quantitative estimate of drug-likeness (QED) is 0.817. The molecule has 1 atom stereocenters. The largest absolute Gasteiger partial charge is 0.496 e. The molecule has 25 heavy (non-hydrogen) atoms. The molecule has 0 spiro atoms. The molecule has 2 aliphatic carbocycles. The van der Waals surface area contributed by atoms with Crippen LogP contribution >= 0.6 is 0 Å². The monoisotopic (exact) mass is 346 g/mol. The SMILES string of the molecule is COc1cc(C2CCCCC2)ccc1C(C(=O)O)C1(O)CCCCC1. The average Bonchev–Trinajstić information content (AvgIpc) is 2.63. The molecule has 2 aliphatic rings. The van der Waals surface area contributed by atoms with Crippen molar-refractivity contribution in [1.29, 1.82) is 0 Å². The van der Waals surface area contributed by atoms with Crippen molar-refractivity contribution >= 4 is 5.97 Å². The maximum absolute atomic E-state index is 12.0. The number of benzene rings is 1. The standard InChI is InChI=1S/C21H30O4/c1-25-18-14-16(15-8-4-2-5-9-15)10-11-17(18)19(20(22)23)21(24)12-6-3-7-13-21/h10-11,14-15,19,24H,2-9,12-13H2,1H3,(H,22,23). The van der Waals surface area contributed by atoms with Crippen molar-refractivity contribution in [2.24, 2.45) is 0 Å². The average molecular weight is 346 g/mol. The van der Waals surface area contributed by atoms with E-state index in [1.54, 1.807) is 7.11 Å². The van der Waals surface area contributed by atoms with E-state index < -0.39 is 17.5 Å². The summed E-state index contributed by atoms with van der Waals surface area (Å²) in [6.07, 6.45) is 10.1. The number of hydrogen-bond donors (Lipinski definition) is 2. The van der Waals surface area contributed by atoms with Gasteiger partial charge in [0.25, 0.3) is 0 Å². The van der Waals surface area contributed by atoms with Crippen molar-refractivity contribution in [2.45, 2.75) is 81.6 Å². The third-order valence-electron chi connectivity index (χ3n) is 6.15. The van der Waals surface area contributed by atoms with Crippen LogP contribution in [-0.4, -0.2) is 28.9 Å². The van der Waals surface area contributed by atoms with E-state index in [1.807, 2.05) is 12.1 Å². The highest BCUT2D eigenvalue weighted by Crippen LogP contribution is 2.44. The van der Waals surface area contributed by atoms with Crippen LogP contribution in [0, 0.1) is 0 Å². The van der Waals surface area contributed by atoms with Crippen LogP contribution in [-0.2, 0) is 4.79 Å². The number of aliphatic hydroxyl groups is 1. The Labute approximate surface area is 150 Å². The summed E-state index contributed by atoms with van der Waals surface area (Å²) in [4.78, 5) is 12.0. The first-order chi connectivity index (χ1) is 12.0. The molecule has 0 amide bonds. The lowest BCUT2D eigenvalue weighted by Gasteiger charge is -2.37. The van der Waals surface area contributed by atoms with Crippen LogP contribution in [0.3, 0.4) is 0 Å². The number of carboxylic acid groups (broad SMARTS) is 1. The van der Waals surface area contributed by atoms with E-state index in [0.717, 1.165) is 19.3 Å². The van der Waals surface area contributed by atoms with Crippen molar-refractivity contribution in [2.75, 3.05) is 7.11 Å². The first-order valence-corrected chi connectivity index (χ1v) is 9.68. The predicted molar refractivity (Wildman–Crippen MR) is 97.2 cm³/mol. The first kappa shape index (κ1) is 18.2. The van der Waals surface area contributed by atoms with E-state index in [1.165, 1.54) is 37.7 Å². The molecule has 2 N–H and O–H groups in total. The summed E-state index contributed by atoms with van der Waals surface area (Å²) >= 11 is 0. The molecule has 0 aromatic heterocycles. The Bertz CT molecular complexity index is 598. The zero-order valence-electron chi connectivity index (χ0n) is 15.2. The van der Waals surface area contributed by atoms with Crippen molar-refractivity contribution in [3.05, 3.63) is 29.3 Å². The maximum Gasteiger partial charge on any atom is 0.314 e. The topological polar surface area (TPSA) is 66.8 Å². The molecule has 1 aromatic carbocycles. The number of carbonyl (C=O) groups is 1. The van der Waals surface area contributed by atoms with Crippen molar-refractivity contribution in [1.82, 2.24) is 0 Å². The fourth-order valence-electron chi connectivity index (χ4n) is 4.76. The lowest BCUT2D eigenvalue weighted by atomic mass is 9.72. The molecule has 0 radical (unpaired) electrons.